The Morgan fingerprint density at radius 1 is 1.21 bits per heavy atom. The maximum atomic E-state index is 13.3. The minimum Gasteiger partial charge on any atom is -0.457 e. The Labute approximate surface area is 116 Å². The van der Waals surface area contributed by atoms with E-state index in [1.54, 1.807) is 24.3 Å². The largest absolute Gasteiger partial charge is 0.457 e. The molecule has 0 aliphatic carbocycles. The second kappa shape index (κ2) is 5.88. The number of rotatable bonds is 3. The number of ether oxygens (including phenoxy) is 1. The van der Waals surface area contributed by atoms with E-state index >= 15 is 0 Å². The van der Waals surface area contributed by atoms with Gasteiger partial charge in [-0.3, -0.25) is 0 Å². The first-order valence-corrected chi connectivity index (χ1v) is 6.09. The molecule has 0 saturated heterocycles. The fourth-order valence-electron chi connectivity index (χ4n) is 1.38. The molecule has 0 spiro atoms. The van der Waals surface area contributed by atoms with Crippen LogP contribution < -0.4 is 0 Å². The molecule has 2 rings (SSSR count). The van der Waals surface area contributed by atoms with Crippen molar-refractivity contribution in [2.45, 2.75) is 6.61 Å². The molecule has 3 nitrogen and oxygen atoms in total. The van der Waals surface area contributed by atoms with E-state index < -0.39 is 23.3 Å². The average Bonchev–Trinajstić information content (AvgIpc) is 2.41. The number of hydrogen-bond donors (Lipinski definition) is 0. The summed E-state index contributed by atoms with van der Waals surface area (Å²) in [5.41, 5.74) is 0.274. The smallest absolute Gasteiger partial charge is 0.341 e. The number of halogens is 3. The molecule has 0 radical (unpaired) electrons. The van der Waals surface area contributed by atoms with Crippen molar-refractivity contribution in [1.82, 2.24) is 4.98 Å². The molecule has 6 heteroatoms. The summed E-state index contributed by atoms with van der Waals surface area (Å²) in [5, 5.41) is 0. The molecule has 19 heavy (non-hydrogen) atoms. The molecule has 0 atom stereocenters. The molecule has 2 aromatic rings. The maximum Gasteiger partial charge on any atom is 0.341 e. The van der Waals surface area contributed by atoms with Crippen LogP contribution in [0.3, 0.4) is 0 Å². The highest BCUT2D eigenvalue weighted by Crippen LogP contribution is 2.14. The van der Waals surface area contributed by atoms with Crippen LogP contribution in [0.15, 0.2) is 41.0 Å². The summed E-state index contributed by atoms with van der Waals surface area (Å²) in [5.74, 6) is -3.55. The van der Waals surface area contributed by atoms with Crippen LogP contribution in [0.2, 0.25) is 0 Å². The summed E-state index contributed by atoms with van der Waals surface area (Å²) in [6.07, 6.45) is 1.01. The Hall–Kier alpha value is -1.82. The van der Waals surface area contributed by atoms with Gasteiger partial charge in [0.25, 0.3) is 0 Å². The highest BCUT2D eigenvalue weighted by molar-refractivity contribution is 9.10. The molecule has 0 unspecified atom stereocenters. The standard InChI is InChI=1S/C13H8BrF2NO2/c14-9-3-1-8(2-4-9)7-19-13(18)10-5-6-17-12(16)11(10)15/h1-6H,7H2. The number of hydrogen-bond acceptors (Lipinski definition) is 3. The summed E-state index contributed by atoms with van der Waals surface area (Å²) in [7, 11) is 0. The van der Waals surface area contributed by atoms with Crippen LogP contribution in [0.4, 0.5) is 8.78 Å². The van der Waals surface area contributed by atoms with Crippen LogP contribution in [0, 0.1) is 11.8 Å². The monoisotopic (exact) mass is 327 g/mol. The first kappa shape index (κ1) is 13.6. The van der Waals surface area contributed by atoms with Gasteiger partial charge >= 0.3 is 5.97 Å². The Morgan fingerprint density at radius 3 is 2.58 bits per heavy atom. The SMILES string of the molecule is O=C(OCc1ccc(Br)cc1)c1ccnc(F)c1F. The van der Waals surface area contributed by atoms with Crippen molar-refractivity contribution in [3.63, 3.8) is 0 Å². The van der Waals surface area contributed by atoms with E-state index in [2.05, 4.69) is 20.9 Å². The second-order valence-corrected chi connectivity index (χ2v) is 4.58. The van der Waals surface area contributed by atoms with E-state index in [1.165, 1.54) is 0 Å². The number of pyridine rings is 1. The van der Waals surface area contributed by atoms with Gasteiger partial charge in [0.05, 0.1) is 0 Å². The third kappa shape index (κ3) is 3.35. The van der Waals surface area contributed by atoms with E-state index in [1.807, 2.05) is 0 Å². The summed E-state index contributed by atoms with van der Waals surface area (Å²) in [4.78, 5) is 14.7. The van der Waals surface area contributed by atoms with Gasteiger partial charge < -0.3 is 4.74 Å². The van der Waals surface area contributed by atoms with Crippen molar-refractivity contribution in [3.05, 3.63) is 63.9 Å². The second-order valence-electron chi connectivity index (χ2n) is 3.67. The van der Waals surface area contributed by atoms with Crippen molar-refractivity contribution in [2.24, 2.45) is 0 Å². The maximum absolute atomic E-state index is 13.3. The number of benzene rings is 1. The number of nitrogens with zero attached hydrogens (tertiary/aromatic N) is 1. The molecule has 0 fully saturated rings. The third-order valence-electron chi connectivity index (χ3n) is 2.35. The lowest BCUT2D eigenvalue weighted by Gasteiger charge is -2.06. The van der Waals surface area contributed by atoms with Gasteiger partial charge in [0.15, 0.2) is 5.82 Å². The Bertz CT molecular complexity index is 602. The zero-order chi connectivity index (χ0) is 13.8. The fourth-order valence-corrected chi connectivity index (χ4v) is 1.65. The molecule has 0 saturated carbocycles. The lowest BCUT2D eigenvalue weighted by molar-refractivity contribution is 0.0465. The fraction of sp³-hybridized carbons (Fsp3) is 0.0769. The van der Waals surface area contributed by atoms with Crippen LogP contribution in [0.1, 0.15) is 15.9 Å². The minimum absolute atomic E-state index is 0.0184. The van der Waals surface area contributed by atoms with Gasteiger partial charge in [-0.25, -0.2) is 14.2 Å². The van der Waals surface area contributed by atoms with Crippen LogP contribution in [-0.4, -0.2) is 11.0 Å². The number of esters is 1. The normalized spacial score (nSPS) is 10.3. The predicted octanol–water partition coefficient (Wildman–Crippen LogP) is 3.48. The first-order chi connectivity index (χ1) is 9.08. The van der Waals surface area contributed by atoms with E-state index in [0.717, 1.165) is 22.3 Å². The van der Waals surface area contributed by atoms with Crippen molar-refractivity contribution in [3.8, 4) is 0 Å². The van der Waals surface area contributed by atoms with E-state index in [9.17, 15) is 13.6 Å². The summed E-state index contributed by atoms with van der Waals surface area (Å²) < 4.78 is 31.9. The van der Waals surface area contributed by atoms with Gasteiger partial charge in [-0.1, -0.05) is 28.1 Å². The van der Waals surface area contributed by atoms with Gasteiger partial charge in [-0.15, -0.1) is 0 Å². The highest BCUT2D eigenvalue weighted by atomic mass is 79.9. The molecule has 1 aromatic heterocycles. The van der Waals surface area contributed by atoms with Gasteiger partial charge in [-0.05, 0) is 23.8 Å². The van der Waals surface area contributed by atoms with Gasteiger partial charge in [0.1, 0.15) is 12.2 Å². The zero-order valence-electron chi connectivity index (χ0n) is 9.57. The molecule has 0 aliphatic heterocycles. The molecular formula is C13H8BrF2NO2. The molecule has 1 heterocycles. The average molecular weight is 328 g/mol. The van der Waals surface area contributed by atoms with E-state index in [-0.39, 0.29) is 6.61 Å². The molecule has 98 valence electrons. The number of aromatic nitrogens is 1. The van der Waals surface area contributed by atoms with Crippen LogP contribution in [-0.2, 0) is 11.3 Å². The number of carbonyl (C=O) groups excluding carboxylic acids is 1. The zero-order valence-corrected chi connectivity index (χ0v) is 11.2. The number of carbonyl (C=O) groups is 1. The van der Waals surface area contributed by atoms with Gasteiger partial charge in [0.2, 0.25) is 5.95 Å². The molecule has 0 aliphatic rings. The Morgan fingerprint density at radius 2 is 1.89 bits per heavy atom. The van der Waals surface area contributed by atoms with Crippen LogP contribution in [0.5, 0.6) is 0 Å². The Kier molecular flexibility index (Phi) is 4.21. The molecule has 0 amide bonds. The molecular weight excluding hydrogens is 320 g/mol. The molecule has 1 aromatic carbocycles. The highest BCUT2D eigenvalue weighted by Gasteiger charge is 2.17. The van der Waals surface area contributed by atoms with Crippen molar-refractivity contribution in [1.29, 1.82) is 0 Å². The lowest BCUT2D eigenvalue weighted by Crippen LogP contribution is -2.09. The van der Waals surface area contributed by atoms with Gasteiger partial charge in [-0.2, -0.15) is 4.39 Å². The topological polar surface area (TPSA) is 39.2 Å². The van der Waals surface area contributed by atoms with Crippen molar-refractivity contribution in [2.75, 3.05) is 0 Å². The molecule has 0 N–H and O–H groups in total. The first-order valence-electron chi connectivity index (χ1n) is 5.29. The van der Waals surface area contributed by atoms with Crippen molar-refractivity contribution >= 4 is 21.9 Å². The van der Waals surface area contributed by atoms with Crippen molar-refractivity contribution < 1.29 is 18.3 Å². The summed E-state index contributed by atoms with van der Waals surface area (Å²) in [6, 6.07) is 8.15. The van der Waals surface area contributed by atoms with Crippen LogP contribution >= 0.6 is 15.9 Å². The van der Waals surface area contributed by atoms with Crippen LogP contribution in [0.25, 0.3) is 0 Å². The van der Waals surface area contributed by atoms with E-state index in [0.29, 0.717) is 0 Å². The summed E-state index contributed by atoms with van der Waals surface area (Å²) >= 11 is 3.27. The lowest BCUT2D eigenvalue weighted by atomic mass is 10.2. The van der Waals surface area contributed by atoms with Gasteiger partial charge in [0, 0.05) is 10.7 Å². The quantitative estimate of drug-likeness (QED) is 0.640. The third-order valence-corrected chi connectivity index (χ3v) is 2.88. The molecule has 0 bridgehead atoms. The Balaban J connectivity index is 2.05. The predicted molar refractivity (Wildman–Crippen MR) is 67.4 cm³/mol. The summed E-state index contributed by atoms with van der Waals surface area (Å²) in [6.45, 7) is -0.0184. The minimum atomic E-state index is -1.32. The van der Waals surface area contributed by atoms with E-state index in [4.69, 9.17) is 4.74 Å².